The number of sulfonamides is 1. The van der Waals surface area contributed by atoms with Crippen molar-refractivity contribution in [1.82, 2.24) is 0 Å². The molecule has 0 bridgehead atoms. The molecule has 0 aliphatic carbocycles. The van der Waals surface area contributed by atoms with Crippen LogP contribution in [0, 0.1) is 20.8 Å². The number of aromatic hydroxyl groups is 1. The minimum atomic E-state index is -3.71. The summed E-state index contributed by atoms with van der Waals surface area (Å²) in [5.74, 6) is -0.0936. The van der Waals surface area contributed by atoms with Crippen LogP contribution in [0.5, 0.6) is 5.75 Å². The van der Waals surface area contributed by atoms with E-state index < -0.39 is 10.0 Å². The quantitative estimate of drug-likeness (QED) is 0.854. The Morgan fingerprint density at radius 2 is 1.55 bits per heavy atom. The molecule has 106 valence electrons. The summed E-state index contributed by atoms with van der Waals surface area (Å²) in [4.78, 5) is 0.212. The fourth-order valence-electron chi connectivity index (χ4n) is 2.03. The van der Waals surface area contributed by atoms with E-state index in [1.54, 1.807) is 31.2 Å². The smallest absolute Gasteiger partial charge is 0.262 e. The fourth-order valence-corrected chi connectivity index (χ4v) is 3.33. The summed E-state index contributed by atoms with van der Waals surface area (Å²) in [6.45, 7) is 5.48. The lowest BCUT2D eigenvalue weighted by Crippen LogP contribution is -2.14. The molecule has 4 nitrogen and oxygen atoms in total. The molecule has 0 spiro atoms. The van der Waals surface area contributed by atoms with Crippen molar-refractivity contribution in [1.29, 1.82) is 0 Å². The first-order valence-electron chi connectivity index (χ1n) is 6.19. The van der Waals surface area contributed by atoms with E-state index >= 15 is 0 Å². The Hall–Kier alpha value is -2.01. The monoisotopic (exact) mass is 291 g/mol. The van der Waals surface area contributed by atoms with Gasteiger partial charge in [-0.3, -0.25) is 4.72 Å². The number of rotatable bonds is 3. The van der Waals surface area contributed by atoms with Crippen molar-refractivity contribution in [3.8, 4) is 5.75 Å². The van der Waals surface area contributed by atoms with Crippen LogP contribution in [0.4, 0.5) is 5.69 Å². The second kappa shape index (κ2) is 5.17. The van der Waals surface area contributed by atoms with E-state index in [1.807, 2.05) is 19.9 Å². The van der Waals surface area contributed by atoms with Crippen LogP contribution in [0.1, 0.15) is 16.7 Å². The molecule has 0 aromatic heterocycles. The Morgan fingerprint density at radius 1 is 0.950 bits per heavy atom. The molecule has 0 unspecified atom stereocenters. The molecule has 2 rings (SSSR count). The van der Waals surface area contributed by atoms with Crippen molar-refractivity contribution in [3.05, 3.63) is 53.1 Å². The second-order valence-corrected chi connectivity index (χ2v) is 6.55. The average Bonchev–Trinajstić information content (AvgIpc) is 2.33. The van der Waals surface area contributed by atoms with Crippen LogP contribution in [0.25, 0.3) is 0 Å². The summed E-state index contributed by atoms with van der Waals surface area (Å²) >= 11 is 0. The number of hydrogen-bond donors (Lipinski definition) is 2. The zero-order valence-corrected chi connectivity index (χ0v) is 12.5. The molecule has 0 atom stereocenters. The first-order chi connectivity index (χ1) is 9.29. The zero-order valence-electron chi connectivity index (χ0n) is 11.6. The molecule has 5 heteroatoms. The molecule has 20 heavy (non-hydrogen) atoms. The van der Waals surface area contributed by atoms with E-state index in [9.17, 15) is 13.5 Å². The van der Waals surface area contributed by atoms with Crippen LogP contribution in [0.2, 0.25) is 0 Å². The van der Waals surface area contributed by atoms with E-state index in [2.05, 4.69) is 4.72 Å². The van der Waals surface area contributed by atoms with Crippen molar-refractivity contribution in [2.45, 2.75) is 25.7 Å². The molecule has 0 saturated carbocycles. The Morgan fingerprint density at radius 3 is 2.20 bits per heavy atom. The molecule has 2 aromatic carbocycles. The maximum absolute atomic E-state index is 12.4. The summed E-state index contributed by atoms with van der Waals surface area (Å²) in [6.07, 6.45) is 0. The third-order valence-corrected chi connectivity index (χ3v) is 4.54. The predicted octanol–water partition coefficient (Wildman–Crippen LogP) is 3.12. The first-order valence-corrected chi connectivity index (χ1v) is 7.67. The van der Waals surface area contributed by atoms with Crippen molar-refractivity contribution >= 4 is 15.7 Å². The maximum Gasteiger partial charge on any atom is 0.262 e. The van der Waals surface area contributed by atoms with Gasteiger partial charge >= 0.3 is 0 Å². The third kappa shape index (κ3) is 2.93. The highest BCUT2D eigenvalue weighted by atomic mass is 32.2. The van der Waals surface area contributed by atoms with Gasteiger partial charge in [0.05, 0.1) is 10.6 Å². The Bertz CT molecular complexity index is 752. The van der Waals surface area contributed by atoms with Crippen molar-refractivity contribution in [3.63, 3.8) is 0 Å². The van der Waals surface area contributed by atoms with E-state index in [0.717, 1.165) is 11.1 Å². The van der Waals surface area contributed by atoms with Crippen LogP contribution in [-0.4, -0.2) is 13.5 Å². The largest absolute Gasteiger partial charge is 0.506 e. The molecule has 0 heterocycles. The molecule has 0 saturated heterocycles. The van der Waals surface area contributed by atoms with Gasteiger partial charge in [0.25, 0.3) is 10.0 Å². The van der Waals surface area contributed by atoms with Gasteiger partial charge < -0.3 is 5.11 Å². The van der Waals surface area contributed by atoms with Gasteiger partial charge in [0.2, 0.25) is 0 Å². The standard InChI is InChI=1S/C15H17NO3S/c1-10-5-7-15(12(3)8-10)20(18,19)16-13-9-11(2)4-6-14(13)17/h4-9,16-17H,1-3H3. The maximum atomic E-state index is 12.4. The normalized spacial score (nSPS) is 11.3. The topological polar surface area (TPSA) is 66.4 Å². The van der Waals surface area contributed by atoms with E-state index in [1.165, 1.54) is 6.07 Å². The minimum Gasteiger partial charge on any atom is -0.506 e. The van der Waals surface area contributed by atoms with Crippen molar-refractivity contribution in [2.75, 3.05) is 4.72 Å². The van der Waals surface area contributed by atoms with Gasteiger partial charge in [-0.15, -0.1) is 0 Å². The molecule has 0 amide bonds. The van der Waals surface area contributed by atoms with Crippen LogP contribution >= 0.6 is 0 Å². The van der Waals surface area contributed by atoms with Crippen LogP contribution in [-0.2, 0) is 10.0 Å². The van der Waals surface area contributed by atoms with Crippen molar-refractivity contribution in [2.24, 2.45) is 0 Å². The summed E-state index contributed by atoms with van der Waals surface area (Å²) in [6, 6.07) is 9.90. The van der Waals surface area contributed by atoms with Gasteiger partial charge in [-0.05, 0) is 50.1 Å². The molecule has 2 aromatic rings. The van der Waals surface area contributed by atoms with Crippen LogP contribution in [0.15, 0.2) is 41.3 Å². The predicted molar refractivity (Wildman–Crippen MR) is 79.6 cm³/mol. The molecule has 0 radical (unpaired) electrons. The van der Waals surface area contributed by atoms with E-state index in [4.69, 9.17) is 0 Å². The van der Waals surface area contributed by atoms with E-state index in [0.29, 0.717) is 5.56 Å². The van der Waals surface area contributed by atoms with Gasteiger partial charge in [-0.1, -0.05) is 23.8 Å². The lowest BCUT2D eigenvalue weighted by atomic mass is 10.2. The third-order valence-electron chi connectivity index (χ3n) is 3.02. The molecule has 0 aliphatic rings. The highest BCUT2D eigenvalue weighted by Crippen LogP contribution is 2.27. The molecule has 0 aliphatic heterocycles. The number of phenolic OH excluding ortho intramolecular Hbond substituents is 1. The number of benzene rings is 2. The molecule has 0 fully saturated rings. The van der Waals surface area contributed by atoms with E-state index in [-0.39, 0.29) is 16.3 Å². The van der Waals surface area contributed by atoms with Gasteiger partial charge in [0.1, 0.15) is 5.75 Å². The Balaban J connectivity index is 2.43. The highest BCUT2D eigenvalue weighted by Gasteiger charge is 2.18. The highest BCUT2D eigenvalue weighted by molar-refractivity contribution is 7.92. The molecular formula is C15H17NO3S. The van der Waals surface area contributed by atoms with Crippen LogP contribution < -0.4 is 4.72 Å². The average molecular weight is 291 g/mol. The number of aryl methyl sites for hydroxylation is 3. The van der Waals surface area contributed by atoms with Gasteiger partial charge in [-0.25, -0.2) is 8.42 Å². The van der Waals surface area contributed by atoms with Gasteiger partial charge in [-0.2, -0.15) is 0 Å². The van der Waals surface area contributed by atoms with Gasteiger partial charge in [0, 0.05) is 0 Å². The number of phenols is 1. The molecule has 2 N–H and O–H groups in total. The zero-order chi connectivity index (χ0) is 14.9. The number of anilines is 1. The fraction of sp³-hybridized carbons (Fsp3) is 0.200. The Labute approximate surface area is 119 Å². The molecular weight excluding hydrogens is 274 g/mol. The van der Waals surface area contributed by atoms with Crippen LogP contribution in [0.3, 0.4) is 0 Å². The SMILES string of the molecule is Cc1ccc(S(=O)(=O)Nc2cc(C)ccc2O)c(C)c1. The first kappa shape index (κ1) is 14.4. The minimum absolute atomic E-state index is 0.0936. The second-order valence-electron chi connectivity index (χ2n) is 4.90. The summed E-state index contributed by atoms with van der Waals surface area (Å²) < 4.78 is 27.2. The summed E-state index contributed by atoms with van der Waals surface area (Å²) in [7, 11) is -3.71. The number of nitrogens with one attached hydrogen (secondary N) is 1. The van der Waals surface area contributed by atoms with Gasteiger partial charge in [0.15, 0.2) is 0 Å². The Kier molecular flexibility index (Phi) is 3.72. The summed E-state index contributed by atoms with van der Waals surface area (Å²) in [5, 5.41) is 9.73. The summed E-state index contributed by atoms with van der Waals surface area (Å²) in [5.41, 5.74) is 2.72. The lowest BCUT2D eigenvalue weighted by molar-refractivity contribution is 0.477. The lowest BCUT2D eigenvalue weighted by Gasteiger charge is -2.12. The number of hydrogen-bond acceptors (Lipinski definition) is 3. The van der Waals surface area contributed by atoms with Crippen molar-refractivity contribution < 1.29 is 13.5 Å².